The number of methoxy groups -OCH3 is 1. The third kappa shape index (κ3) is 3.33. The van der Waals surface area contributed by atoms with E-state index >= 15 is 0 Å². The van der Waals surface area contributed by atoms with Crippen molar-refractivity contribution in [2.75, 3.05) is 13.7 Å². The van der Waals surface area contributed by atoms with E-state index in [-0.39, 0.29) is 11.1 Å². The molecular weight excluding hydrogens is 380 g/mol. The quantitative estimate of drug-likeness (QED) is 0.205. The number of rotatable bonds is 4. The van der Waals surface area contributed by atoms with E-state index in [9.17, 15) is 35.4 Å². The lowest BCUT2D eigenvalue weighted by atomic mass is 9.84. The molecule has 0 amide bonds. The molecule has 0 aromatic rings. The van der Waals surface area contributed by atoms with Crippen molar-refractivity contribution in [3.05, 3.63) is 24.0 Å². The van der Waals surface area contributed by atoms with Crippen LogP contribution < -0.4 is 0 Å². The second-order valence-corrected chi connectivity index (χ2v) is 6.96. The molecule has 0 radical (unpaired) electrons. The van der Waals surface area contributed by atoms with Crippen LogP contribution in [0.5, 0.6) is 0 Å². The summed E-state index contributed by atoms with van der Waals surface area (Å²) < 4.78 is 20.9. The number of carbonyl (C=O) groups excluding carboxylic acids is 1. The Bertz CT molecular complexity index is 647. The molecule has 158 valence electrons. The number of hydrogen-bond donors (Lipinski definition) is 6. The predicted molar refractivity (Wildman–Crippen MR) is 88.0 cm³/mol. The maximum Gasteiger partial charge on any atom is 0.337 e. The molecule has 3 aliphatic rings. The molecule has 0 bridgehead atoms. The minimum absolute atomic E-state index is 0.0219. The number of esters is 1. The third-order valence-corrected chi connectivity index (χ3v) is 5.41. The van der Waals surface area contributed by atoms with Crippen LogP contribution in [0.1, 0.15) is 0 Å². The highest BCUT2D eigenvalue weighted by atomic mass is 16.8. The monoisotopic (exact) mass is 404 g/mol. The van der Waals surface area contributed by atoms with Crippen LogP contribution in [0.25, 0.3) is 0 Å². The Kier molecular flexibility index (Phi) is 6.08. The lowest BCUT2D eigenvalue weighted by molar-refractivity contribution is -0.339. The molecule has 10 atom stereocenters. The van der Waals surface area contributed by atoms with Gasteiger partial charge in [-0.15, -0.1) is 0 Å². The fraction of sp³-hybridized carbons (Fsp3) is 0.706. The molecule has 0 aromatic carbocycles. The van der Waals surface area contributed by atoms with Crippen LogP contribution in [0.15, 0.2) is 24.0 Å². The molecule has 3 rings (SSSR count). The van der Waals surface area contributed by atoms with Crippen molar-refractivity contribution in [2.45, 2.75) is 49.2 Å². The summed E-state index contributed by atoms with van der Waals surface area (Å²) >= 11 is 0. The molecule has 11 heteroatoms. The van der Waals surface area contributed by atoms with Crippen LogP contribution in [0.2, 0.25) is 0 Å². The average molecular weight is 404 g/mol. The summed E-state index contributed by atoms with van der Waals surface area (Å²) in [4.78, 5) is 12.0. The molecular formula is C17H24O11. The van der Waals surface area contributed by atoms with Crippen molar-refractivity contribution in [1.29, 1.82) is 0 Å². The van der Waals surface area contributed by atoms with E-state index in [1.807, 2.05) is 0 Å². The summed E-state index contributed by atoms with van der Waals surface area (Å²) in [5.74, 6) is -2.60. The van der Waals surface area contributed by atoms with Crippen molar-refractivity contribution in [3.63, 3.8) is 0 Å². The highest BCUT2D eigenvalue weighted by Gasteiger charge is 2.56. The second-order valence-electron chi connectivity index (χ2n) is 6.96. The third-order valence-electron chi connectivity index (χ3n) is 5.41. The highest BCUT2D eigenvalue weighted by molar-refractivity contribution is 5.89. The van der Waals surface area contributed by atoms with Gasteiger partial charge < -0.3 is 49.6 Å². The van der Waals surface area contributed by atoms with Gasteiger partial charge in [0.25, 0.3) is 0 Å². The van der Waals surface area contributed by atoms with Crippen molar-refractivity contribution in [3.8, 4) is 0 Å². The van der Waals surface area contributed by atoms with Gasteiger partial charge in [0.15, 0.2) is 6.29 Å². The number of carbonyl (C=O) groups is 1. The van der Waals surface area contributed by atoms with Gasteiger partial charge in [0, 0.05) is 5.92 Å². The van der Waals surface area contributed by atoms with Crippen molar-refractivity contribution in [1.82, 2.24) is 0 Å². The standard InChI is InChI=1S/C17H24O11/c1-5-8-9(12(21)10(5)19)6(15(24)25-2)4-26-16(8)28-17-14(23)13(22)11(20)7(3-18)27-17/h4,7-14,16-23H,1,3H2,2H3/t7-,8-,9-,10+,11-,12+,13+,14-,16+,17+/m1/s1. The van der Waals surface area contributed by atoms with E-state index in [4.69, 9.17) is 14.2 Å². The van der Waals surface area contributed by atoms with Crippen molar-refractivity contribution < 1.29 is 54.4 Å². The zero-order chi connectivity index (χ0) is 20.7. The highest BCUT2D eigenvalue weighted by Crippen LogP contribution is 2.47. The van der Waals surface area contributed by atoms with Gasteiger partial charge >= 0.3 is 5.97 Å². The van der Waals surface area contributed by atoms with Gasteiger partial charge in [-0.2, -0.15) is 0 Å². The molecule has 2 aliphatic heterocycles. The van der Waals surface area contributed by atoms with E-state index in [0.717, 1.165) is 13.4 Å². The first-order valence-electron chi connectivity index (χ1n) is 8.67. The fourth-order valence-corrected chi connectivity index (χ4v) is 3.81. The van der Waals surface area contributed by atoms with E-state index in [2.05, 4.69) is 11.3 Å². The van der Waals surface area contributed by atoms with Crippen LogP contribution in [-0.4, -0.2) is 99.5 Å². The van der Waals surface area contributed by atoms with Crippen LogP contribution >= 0.6 is 0 Å². The van der Waals surface area contributed by atoms with Gasteiger partial charge in [-0.05, 0) is 5.57 Å². The summed E-state index contributed by atoms with van der Waals surface area (Å²) in [5.41, 5.74) is 0.118. The smallest absolute Gasteiger partial charge is 0.337 e. The summed E-state index contributed by atoms with van der Waals surface area (Å²) in [5, 5.41) is 59.7. The van der Waals surface area contributed by atoms with Crippen LogP contribution in [0.3, 0.4) is 0 Å². The normalized spacial score (nSPS) is 45.8. The molecule has 11 nitrogen and oxygen atoms in total. The van der Waals surface area contributed by atoms with E-state index in [1.54, 1.807) is 0 Å². The number of hydrogen-bond acceptors (Lipinski definition) is 11. The Labute approximate surface area is 160 Å². The topological polar surface area (TPSA) is 175 Å². The fourth-order valence-electron chi connectivity index (χ4n) is 3.81. The number of aliphatic hydroxyl groups excluding tert-OH is 6. The minimum Gasteiger partial charge on any atom is -0.471 e. The molecule has 2 fully saturated rings. The predicted octanol–water partition coefficient (Wildman–Crippen LogP) is -3.26. The number of aliphatic hydroxyl groups is 6. The Morgan fingerprint density at radius 3 is 2.36 bits per heavy atom. The minimum atomic E-state index is -1.67. The Morgan fingerprint density at radius 1 is 1.07 bits per heavy atom. The zero-order valence-electron chi connectivity index (χ0n) is 15.0. The second kappa shape index (κ2) is 8.05. The van der Waals surface area contributed by atoms with E-state index in [1.165, 1.54) is 0 Å². The van der Waals surface area contributed by atoms with Crippen molar-refractivity contribution in [2.24, 2.45) is 11.8 Å². The van der Waals surface area contributed by atoms with Gasteiger partial charge in [0.1, 0.15) is 30.5 Å². The van der Waals surface area contributed by atoms with Gasteiger partial charge in [-0.1, -0.05) is 6.58 Å². The molecule has 2 heterocycles. The van der Waals surface area contributed by atoms with Gasteiger partial charge in [0.2, 0.25) is 6.29 Å². The van der Waals surface area contributed by atoms with Gasteiger partial charge in [0.05, 0.1) is 37.6 Å². The van der Waals surface area contributed by atoms with Crippen LogP contribution in [-0.2, 0) is 23.7 Å². The first-order valence-corrected chi connectivity index (χ1v) is 8.67. The molecule has 1 saturated carbocycles. The molecule has 0 aromatic heterocycles. The maximum absolute atomic E-state index is 12.0. The summed E-state index contributed by atoms with van der Waals surface area (Å²) in [6.45, 7) is 3.09. The summed E-state index contributed by atoms with van der Waals surface area (Å²) in [7, 11) is 1.15. The molecule has 6 N–H and O–H groups in total. The Hall–Kier alpha value is -1.57. The maximum atomic E-state index is 12.0. The van der Waals surface area contributed by atoms with Crippen LogP contribution in [0, 0.1) is 11.8 Å². The van der Waals surface area contributed by atoms with Gasteiger partial charge in [-0.25, -0.2) is 4.79 Å². The Morgan fingerprint density at radius 2 is 1.75 bits per heavy atom. The van der Waals surface area contributed by atoms with Gasteiger partial charge in [-0.3, -0.25) is 0 Å². The lowest BCUT2D eigenvalue weighted by Gasteiger charge is -2.42. The molecule has 0 spiro atoms. The largest absolute Gasteiger partial charge is 0.471 e. The SMILES string of the molecule is C=C1[C@H]2[C@H](O[C@@H]3O[C@H](CO)[C@@H](O)[C@H](O)[C@H]3O)OC=C(C(=O)OC)[C@H]2[C@H](O)[C@H]1O. The summed E-state index contributed by atoms with van der Waals surface area (Å²) in [6.07, 6.45) is -10.5. The van der Waals surface area contributed by atoms with Crippen LogP contribution in [0.4, 0.5) is 0 Å². The van der Waals surface area contributed by atoms with E-state index in [0.29, 0.717) is 0 Å². The number of fused-ring (bicyclic) bond motifs is 1. The number of ether oxygens (including phenoxy) is 4. The molecule has 1 aliphatic carbocycles. The first kappa shape index (κ1) is 21.1. The molecule has 28 heavy (non-hydrogen) atoms. The van der Waals surface area contributed by atoms with Crippen molar-refractivity contribution >= 4 is 5.97 Å². The Balaban J connectivity index is 1.85. The summed E-state index contributed by atoms with van der Waals surface area (Å²) in [6, 6.07) is 0. The van der Waals surface area contributed by atoms with E-state index < -0.39 is 73.6 Å². The average Bonchev–Trinajstić information content (AvgIpc) is 2.92. The zero-order valence-corrected chi connectivity index (χ0v) is 15.0. The lowest BCUT2D eigenvalue weighted by Crippen LogP contribution is -2.60. The molecule has 0 unspecified atom stereocenters. The first-order chi connectivity index (χ1) is 13.2. The molecule has 1 saturated heterocycles.